The topological polar surface area (TPSA) is 98.5 Å². The minimum Gasteiger partial charge on any atom is -0.434 e. The molecule has 0 fully saturated rings. The largest absolute Gasteiger partial charge is 0.434 e. The number of nitrogens with zero attached hydrogens (tertiary/aromatic N) is 3. The number of aliphatic hydroxyl groups is 2. The Hall–Kier alpha value is -1.96. The third-order valence-electron chi connectivity index (χ3n) is 2.46. The smallest absolute Gasteiger partial charge is 0.387 e. The number of hydrogen-bond acceptors (Lipinski definition) is 4. The van der Waals surface area contributed by atoms with Gasteiger partial charge in [-0.05, 0) is 24.1 Å². The van der Waals surface area contributed by atoms with E-state index >= 15 is 0 Å². The Labute approximate surface area is 112 Å². The van der Waals surface area contributed by atoms with Crippen LogP contribution in [0, 0.1) is 5.82 Å². The van der Waals surface area contributed by atoms with E-state index in [4.69, 9.17) is 5.53 Å². The Morgan fingerprint density at radius 3 is 2.65 bits per heavy atom. The quantitative estimate of drug-likeness (QED) is 0.458. The van der Waals surface area contributed by atoms with Gasteiger partial charge >= 0.3 is 6.61 Å². The normalized spacial score (nSPS) is 13.7. The third-order valence-corrected chi connectivity index (χ3v) is 2.46. The lowest BCUT2D eigenvalue weighted by atomic mass is 10.0. The summed E-state index contributed by atoms with van der Waals surface area (Å²) in [6, 6.07) is 2.66. The van der Waals surface area contributed by atoms with E-state index in [1.807, 2.05) is 0 Å². The van der Waals surface area contributed by atoms with Crippen molar-refractivity contribution < 1.29 is 28.1 Å². The first-order chi connectivity index (χ1) is 9.45. The van der Waals surface area contributed by atoms with Crippen molar-refractivity contribution in [3.63, 3.8) is 0 Å². The zero-order valence-corrected chi connectivity index (χ0v) is 10.2. The van der Waals surface area contributed by atoms with Gasteiger partial charge in [-0.2, -0.15) is 8.78 Å². The average Bonchev–Trinajstić information content (AvgIpc) is 2.37. The van der Waals surface area contributed by atoms with Crippen LogP contribution in [0.2, 0.25) is 0 Å². The molecule has 0 aliphatic rings. The zero-order valence-electron chi connectivity index (χ0n) is 10.2. The van der Waals surface area contributed by atoms with Gasteiger partial charge in [-0.15, -0.1) is 0 Å². The second kappa shape index (κ2) is 7.59. The fourth-order valence-corrected chi connectivity index (χ4v) is 1.55. The van der Waals surface area contributed by atoms with Gasteiger partial charge in [0, 0.05) is 23.1 Å². The van der Waals surface area contributed by atoms with E-state index in [0.29, 0.717) is 6.07 Å². The summed E-state index contributed by atoms with van der Waals surface area (Å²) >= 11 is 0. The van der Waals surface area contributed by atoms with Crippen molar-refractivity contribution in [2.75, 3.05) is 6.54 Å². The SMILES string of the molecule is [N-]=[N+]=NCCC(O)C(O)c1ccc(F)cc1OC(F)F. The minimum atomic E-state index is -3.19. The molecule has 0 amide bonds. The highest BCUT2D eigenvalue weighted by Gasteiger charge is 2.23. The molecule has 6 nitrogen and oxygen atoms in total. The number of benzene rings is 1. The van der Waals surface area contributed by atoms with Gasteiger partial charge in [-0.25, -0.2) is 4.39 Å². The lowest BCUT2D eigenvalue weighted by Crippen LogP contribution is -2.20. The predicted molar refractivity (Wildman–Crippen MR) is 62.6 cm³/mol. The monoisotopic (exact) mass is 291 g/mol. The van der Waals surface area contributed by atoms with Crippen LogP contribution in [-0.4, -0.2) is 29.5 Å². The molecule has 0 aliphatic heterocycles. The first kappa shape index (κ1) is 16.1. The number of alkyl halides is 2. The Balaban J connectivity index is 2.90. The lowest BCUT2D eigenvalue weighted by Gasteiger charge is -2.20. The van der Waals surface area contributed by atoms with Crippen molar-refractivity contribution in [2.24, 2.45) is 5.11 Å². The number of ether oxygens (including phenoxy) is 1. The lowest BCUT2D eigenvalue weighted by molar-refractivity contribution is -0.0541. The molecule has 110 valence electrons. The maximum absolute atomic E-state index is 13.0. The van der Waals surface area contributed by atoms with Crippen LogP contribution in [0.5, 0.6) is 5.75 Å². The van der Waals surface area contributed by atoms with E-state index in [1.54, 1.807) is 0 Å². The fourth-order valence-electron chi connectivity index (χ4n) is 1.55. The van der Waals surface area contributed by atoms with E-state index in [9.17, 15) is 23.4 Å². The molecule has 0 spiro atoms. The standard InChI is InChI=1S/C11H12F3N3O3/c12-6-1-2-7(9(5-6)20-11(13)14)10(19)8(18)3-4-16-17-15/h1-2,5,8,10-11,18-19H,3-4H2. The number of hydrogen-bond donors (Lipinski definition) is 2. The average molecular weight is 291 g/mol. The molecule has 9 heteroatoms. The Morgan fingerprint density at radius 1 is 1.35 bits per heavy atom. The van der Waals surface area contributed by atoms with E-state index in [0.717, 1.165) is 12.1 Å². The molecule has 20 heavy (non-hydrogen) atoms. The van der Waals surface area contributed by atoms with Crippen molar-refractivity contribution in [1.29, 1.82) is 0 Å². The fraction of sp³-hybridized carbons (Fsp3) is 0.455. The molecule has 0 bridgehead atoms. The molecule has 1 aromatic rings. The summed E-state index contributed by atoms with van der Waals surface area (Å²) < 4.78 is 41.5. The predicted octanol–water partition coefficient (Wildman–Crippen LogP) is 2.52. The van der Waals surface area contributed by atoms with E-state index in [1.165, 1.54) is 0 Å². The zero-order chi connectivity index (χ0) is 15.1. The molecule has 0 saturated carbocycles. The number of halogens is 3. The number of aliphatic hydroxyl groups excluding tert-OH is 2. The van der Waals surface area contributed by atoms with E-state index < -0.39 is 30.4 Å². The molecular weight excluding hydrogens is 279 g/mol. The van der Waals surface area contributed by atoms with Gasteiger partial charge in [0.25, 0.3) is 0 Å². The van der Waals surface area contributed by atoms with Crippen LogP contribution in [0.4, 0.5) is 13.2 Å². The van der Waals surface area contributed by atoms with Crippen LogP contribution in [0.3, 0.4) is 0 Å². The summed E-state index contributed by atoms with van der Waals surface area (Å²) in [5.74, 6) is -1.38. The summed E-state index contributed by atoms with van der Waals surface area (Å²) in [5, 5.41) is 22.7. The highest BCUT2D eigenvalue weighted by molar-refractivity contribution is 5.36. The maximum atomic E-state index is 13.0. The van der Waals surface area contributed by atoms with Crippen molar-refractivity contribution in [2.45, 2.75) is 25.2 Å². The van der Waals surface area contributed by atoms with Gasteiger partial charge in [0.2, 0.25) is 0 Å². The van der Waals surface area contributed by atoms with Gasteiger partial charge in [-0.1, -0.05) is 5.11 Å². The molecule has 0 saturated heterocycles. The van der Waals surface area contributed by atoms with Crippen molar-refractivity contribution in [3.8, 4) is 5.75 Å². The second-order valence-corrected chi connectivity index (χ2v) is 3.82. The van der Waals surface area contributed by atoms with Crippen molar-refractivity contribution >= 4 is 0 Å². The van der Waals surface area contributed by atoms with Crippen LogP contribution < -0.4 is 4.74 Å². The minimum absolute atomic E-state index is 0.0824. The number of rotatable bonds is 7. The molecule has 0 aliphatic carbocycles. The molecule has 1 aromatic carbocycles. The Morgan fingerprint density at radius 2 is 2.05 bits per heavy atom. The Bertz CT molecular complexity index is 495. The molecule has 2 N–H and O–H groups in total. The molecule has 0 radical (unpaired) electrons. The Kier molecular flexibility index (Phi) is 6.10. The third kappa shape index (κ3) is 4.61. The molecule has 1 rings (SSSR count). The summed E-state index contributed by atoms with van der Waals surface area (Å²) in [5.41, 5.74) is 7.90. The molecular formula is C11H12F3N3O3. The highest BCUT2D eigenvalue weighted by Crippen LogP contribution is 2.30. The van der Waals surface area contributed by atoms with Gasteiger partial charge < -0.3 is 14.9 Å². The molecule has 2 unspecified atom stereocenters. The van der Waals surface area contributed by atoms with Crippen LogP contribution in [-0.2, 0) is 0 Å². The van der Waals surface area contributed by atoms with Crippen LogP contribution in [0.15, 0.2) is 23.3 Å². The van der Waals surface area contributed by atoms with Crippen molar-refractivity contribution in [3.05, 3.63) is 40.0 Å². The summed E-state index contributed by atoms with van der Waals surface area (Å²) in [6.45, 7) is -3.27. The summed E-state index contributed by atoms with van der Waals surface area (Å²) in [7, 11) is 0. The van der Waals surface area contributed by atoms with Gasteiger partial charge in [0.15, 0.2) is 0 Å². The number of azide groups is 1. The van der Waals surface area contributed by atoms with E-state index in [-0.39, 0.29) is 18.5 Å². The summed E-state index contributed by atoms with van der Waals surface area (Å²) in [6.07, 6.45) is -3.03. The van der Waals surface area contributed by atoms with Crippen LogP contribution in [0.25, 0.3) is 10.4 Å². The maximum Gasteiger partial charge on any atom is 0.387 e. The van der Waals surface area contributed by atoms with Crippen molar-refractivity contribution in [1.82, 2.24) is 0 Å². The van der Waals surface area contributed by atoms with Crippen LogP contribution >= 0.6 is 0 Å². The van der Waals surface area contributed by atoms with Crippen LogP contribution in [0.1, 0.15) is 18.1 Å². The van der Waals surface area contributed by atoms with Gasteiger partial charge in [0.05, 0.1) is 6.10 Å². The van der Waals surface area contributed by atoms with Gasteiger partial charge in [-0.3, -0.25) is 0 Å². The molecule has 0 aromatic heterocycles. The second-order valence-electron chi connectivity index (χ2n) is 3.82. The van der Waals surface area contributed by atoms with E-state index in [2.05, 4.69) is 14.8 Å². The first-order valence-electron chi connectivity index (χ1n) is 5.57. The first-order valence-corrected chi connectivity index (χ1v) is 5.57. The van der Waals surface area contributed by atoms with Gasteiger partial charge in [0.1, 0.15) is 17.7 Å². The highest BCUT2D eigenvalue weighted by atomic mass is 19.3. The molecule has 2 atom stereocenters. The molecule has 0 heterocycles. The summed E-state index contributed by atoms with van der Waals surface area (Å²) in [4.78, 5) is 2.47.